The maximum atomic E-state index is 10.2. The summed E-state index contributed by atoms with van der Waals surface area (Å²) in [6.07, 6.45) is 1.14. The number of phenols is 1. The summed E-state index contributed by atoms with van der Waals surface area (Å²) in [6.45, 7) is 1.87. The Morgan fingerprint density at radius 3 is 1.69 bits per heavy atom. The Balaban J connectivity index is 0.000000232. The second-order valence-corrected chi connectivity index (χ2v) is 6.21. The van der Waals surface area contributed by atoms with E-state index in [-0.39, 0.29) is 6.61 Å². The third-order valence-electron chi connectivity index (χ3n) is 3.83. The van der Waals surface area contributed by atoms with Crippen molar-refractivity contribution in [1.29, 1.82) is 0 Å². The van der Waals surface area contributed by atoms with Gasteiger partial charge in [-0.25, -0.2) is 4.79 Å². The number of aliphatic hydroxyl groups excluding tert-OH is 2. The van der Waals surface area contributed by atoms with Gasteiger partial charge in [0.2, 0.25) is 0 Å². The summed E-state index contributed by atoms with van der Waals surface area (Å²) in [4.78, 5) is 10.2. The molecule has 4 N–H and O–H groups in total. The van der Waals surface area contributed by atoms with Crippen LogP contribution in [0.4, 0.5) is 0 Å². The molecule has 0 radical (unpaired) electrons. The van der Waals surface area contributed by atoms with Gasteiger partial charge in [-0.3, -0.25) is 0 Å². The van der Waals surface area contributed by atoms with Crippen LogP contribution in [0.5, 0.6) is 5.75 Å². The van der Waals surface area contributed by atoms with E-state index in [2.05, 4.69) is 0 Å². The smallest absolute Gasteiger partial charge is 0.335 e. The van der Waals surface area contributed by atoms with Gasteiger partial charge in [-0.2, -0.15) is 0 Å². The minimum Gasteiger partial charge on any atom is -0.508 e. The highest BCUT2D eigenvalue weighted by Gasteiger charge is 1.97. The molecule has 5 nitrogen and oxygen atoms in total. The number of aromatic carboxylic acids is 1. The van der Waals surface area contributed by atoms with Crippen LogP contribution in [-0.2, 0) is 0 Å². The van der Waals surface area contributed by atoms with Crippen LogP contribution in [0.2, 0.25) is 0 Å². The molecule has 0 aliphatic heterocycles. The Hall–Kier alpha value is -3.15. The molecule has 5 heteroatoms. The number of rotatable bonds is 5. The third-order valence-corrected chi connectivity index (χ3v) is 3.83. The predicted molar refractivity (Wildman–Crippen MR) is 115 cm³/mol. The summed E-state index contributed by atoms with van der Waals surface area (Å²) >= 11 is 0. The van der Waals surface area contributed by atoms with Crippen LogP contribution in [0.1, 0.15) is 30.1 Å². The van der Waals surface area contributed by atoms with Crippen molar-refractivity contribution in [1.82, 2.24) is 0 Å². The summed E-state index contributed by atoms with van der Waals surface area (Å²) < 4.78 is 0. The summed E-state index contributed by atoms with van der Waals surface area (Å²) in [6, 6.07) is 25.6. The molecule has 0 spiro atoms. The fourth-order valence-corrected chi connectivity index (χ4v) is 2.29. The topological polar surface area (TPSA) is 98.0 Å². The van der Waals surface area contributed by atoms with Gasteiger partial charge < -0.3 is 20.4 Å². The SMILES string of the molecule is CCCC(O)CO.O=C(O)c1ccccc1.Oc1ccc(-c2ccccc2)cc1. The highest BCUT2D eigenvalue weighted by Crippen LogP contribution is 2.20. The van der Waals surface area contributed by atoms with E-state index in [9.17, 15) is 4.79 Å². The van der Waals surface area contributed by atoms with Crippen molar-refractivity contribution >= 4 is 5.97 Å². The van der Waals surface area contributed by atoms with Gasteiger partial charge in [-0.1, -0.05) is 74.0 Å². The van der Waals surface area contributed by atoms with Gasteiger partial charge in [0.05, 0.1) is 18.3 Å². The molecular formula is C24H28O5. The number of carbonyl (C=O) groups is 1. The monoisotopic (exact) mass is 396 g/mol. The molecule has 0 heterocycles. The molecule has 0 fully saturated rings. The lowest BCUT2D eigenvalue weighted by Gasteiger charge is -2.01. The largest absolute Gasteiger partial charge is 0.508 e. The van der Waals surface area contributed by atoms with Crippen LogP contribution in [0, 0.1) is 0 Å². The molecule has 0 aliphatic carbocycles. The summed E-state index contributed by atoms with van der Waals surface area (Å²) in [5, 5.41) is 34.3. The fourth-order valence-electron chi connectivity index (χ4n) is 2.29. The molecule has 1 atom stereocenters. The first-order valence-corrected chi connectivity index (χ1v) is 9.39. The number of carboxylic acids is 1. The molecule has 1 unspecified atom stereocenters. The Bertz CT molecular complexity index is 802. The van der Waals surface area contributed by atoms with Gasteiger partial charge >= 0.3 is 5.97 Å². The summed E-state index contributed by atoms with van der Waals surface area (Å²) in [5.74, 6) is -0.574. The van der Waals surface area contributed by atoms with Gasteiger partial charge in [0.25, 0.3) is 0 Å². The Morgan fingerprint density at radius 2 is 1.31 bits per heavy atom. The van der Waals surface area contributed by atoms with Crippen LogP contribution < -0.4 is 0 Å². The van der Waals surface area contributed by atoms with Crippen molar-refractivity contribution in [2.24, 2.45) is 0 Å². The van der Waals surface area contributed by atoms with Crippen LogP contribution >= 0.6 is 0 Å². The van der Waals surface area contributed by atoms with E-state index in [4.69, 9.17) is 20.4 Å². The molecule has 154 valence electrons. The second-order valence-electron chi connectivity index (χ2n) is 6.21. The molecule has 3 aromatic carbocycles. The van der Waals surface area contributed by atoms with Gasteiger partial charge in [-0.05, 0) is 41.8 Å². The number of aromatic hydroxyl groups is 1. The van der Waals surface area contributed by atoms with E-state index in [0.717, 1.165) is 12.0 Å². The van der Waals surface area contributed by atoms with E-state index in [0.29, 0.717) is 17.7 Å². The standard InChI is InChI=1S/C12H10O.C7H6O2.C5H12O2/c13-12-8-6-11(7-9-12)10-4-2-1-3-5-10;8-7(9)6-4-2-1-3-5-6;1-2-3-5(7)4-6/h1-9,13H;1-5H,(H,8,9);5-7H,2-4H2,1H3. The van der Waals surface area contributed by atoms with Crippen molar-refractivity contribution in [3.63, 3.8) is 0 Å². The predicted octanol–water partition coefficient (Wildman–Crippen LogP) is 4.58. The number of benzene rings is 3. The Labute approximate surface area is 171 Å². The number of hydrogen-bond donors (Lipinski definition) is 4. The maximum absolute atomic E-state index is 10.2. The molecule has 3 aromatic rings. The molecule has 0 saturated heterocycles. The summed E-state index contributed by atoms with van der Waals surface area (Å²) in [5.41, 5.74) is 2.62. The van der Waals surface area contributed by atoms with Crippen LogP contribution in [-0.4, -0.2) is 39.1 Å². The fraction of sp³-hybridized carbons (Fsp3) is 0.208. The molecule has 29 heavy (non-hydrogen) atoms. The first-order valence-electron chi connectivity index (χ1n) is 9.39. The number of hydrogen-bond acceptors (Lipinski definition) is 4. The zero-order chi connectivity index (χ0) is 21.5. The van der Waals surface area contributed by atoms with E-state index < -0.39 is 12.1 Å². The van der Waals surface area contributed by atoms with Crippen molar-refractivity contribution in [3.8, 4) is 16.9 Å². The average molecular weight is 396 g/mol. The van der Waals surface area contributed by atoms with Crippen molar-refractivity contribution < 1.29 is 25.2 Å². The van der Waals surface area contributed by atoms with Crippen LogP contribution in [0.15, 0.2) is 84.9 Å². The highest BCUT2D eigenvalue weighted by molar-refractivity contribution is 5.87. The van der Waals surface area contributed by atoms with E-state index in [1.54, 1.807) is 42.5 Å². The first-order chi connectivity index (χ1) is 14.0. The Kier molecular flexibility index (Phi) is 11.5. The molecular weight excluding hydrogens is 368 g/mol. The van der Waals surface area contributed by atoms with Gasteiger partial charge in [-0.15, -0.1) is 0 Å². The van der Waals surface area contributed by atoms with Gasteiger partial charge in [0.1, 0.15) is 5.75 Å². The van der Waals surface area contributed by atoms with Gasteiger partial charge in [0.15, 0.2) is 0 Å². The third kappa shape index (κ3) is 10.1. The normalized spacial score (nSPS) is 10.6. The highest BCUT2D eigenvalue weighted by atomic mass is 16.4. The van der Waals surface area contributed by atoms with E-state index >= 15 is 0 Å². The number of carboxylic acid groups (broad SMARTS) is 1. The minimum atomic E-state index is -0.879. The molecule has 0 amide bonds. The molecule has 0 saturated carbocycles. The number of aliphatic hydroxyl groups is 2. The molecule has 0 aliphatic rings. The first kappa shape index (κ1) is 23.9. The van der Waals surface area contributed by atoms with Crippen molar-refractivity contribution in [2.45, 2.75) is 25.9 Å². The maximum Gasteiger partial charge on any atom is 0.335 e. The lowest BCUT2D eigenvalue weighted by molar-refractivity contribution is 0.0697. The van der Waals surface area contributed by atoms with Crippen molar-refractivity contribution in [2.75, 3.05) is 6.61 Å². The average Bonchev–Trinajstić information content (AvgIpc) is 2.76. The zero-order valence-corrected chi connectivity index (χ0v) is 16.5. The minimum absolute atomic E-state index is 0.103. The van der Waals surface area contributed by atoms with Gasteiger partial charge in [0, 0.05) is 0 Å². The van der Waals surface area contributed by atoms with Crippen molar-refractivity contribution in [3.05, 3.63) is 90.5 Å². The zero-order valence-electron chi connectivity index (χ0n) is 16.5. The second kappa shape index (κ2) is 13.9. The Morgan fingerprint density at radius 1 is 0.828 bits per heavy atom. The lowest BCUT2D eigenvalue weighted by Crippen LogP contribution is -2.10. The quantitative estimate of drug-likeness (QED) is 0.506. The van der Waals surface area contributed by atoms with E-state index in [1.165, 1.54) is 5.56 Å². The van der Waals surface area contributed by atoms with E-state index in [1.807, 2.05) is 49.4 Å². The molecule has 0 aromatic heterocycles. The van der Waals surface area contributed by atoms with Crippen LogP contribution in [0.25, 0.3) is 11.1 Å². The summed E-state index contributed by atoms with van der Waals surface area (Å²) in [7, 11) is 0. The lowest BCUT2D eigenvalue weighted by atomic mass is 10.1. The van der Waals surface area contributed by atoms with Crippen LogP contribution in [0.3, 0.4) is 0 Å². The molecule has 3 rings (SSSR count). The number of phenolic OH excluding ortho intramolecular Hbond substituents is 1. The molecule has 0 bridgehead atoms.